The fourth-order valence-electron chi connectivity index (χ4n) is 4.36. The van der Waals surface area contributed by atoms with Gasteiger partial charge in [-0.2, -0.15) is 0 Å². The van der Waals surface area contributed by atoms with Gasteiger partial charge in [0.15, 0.2) is 0 Å². The van der Waals surface area contributed by atoms with Crippen LogP contribution < -0.4 is 5.32 Å². The molecule has 0 radical (unpaired) electrons. The largest absolute Gasteiger partial charge is 0.309 e. The van der Waals surface area contributed by atoms with Crippen LogP contribution in [-0.4, -0.2) is 84.2 Å². The number of nitrogens with one attached hydrogen (secondary N) is 1. The lowest BCUT2D eigenvalue weighted by Gasteiger charge is -2.46. The molecule has 0 bridgehead atoms. The van der Waals surface area contributed by atoms with Gasteiger partial charge in [0.25, 0.3) is 0 Å². The molecular formula is C19H40N4. The summed E-state index contributed by atoms with van der Waals surface area (Å²) >= 11 is 0. The van der Waals surface area contributed by atoms with E-state index in [1.807, 2.05) is 0 Å². The number of likely N-dealkylation sites (N-methyl/N-ethyl adjacent to an activating group) is 1. The van der Waals surface area contributed by atoms with Crippen molar-refractivity contribution >= 4 is 0 Å². The van der Waals surface area contributed by atoms with Crippen molar-refractivity contribution < 1.29 is 0 Å². The van der Waals surface area contributed by atoms with Crippen LogP contribution in [0.4, 0.5) is 0 Å². The topological polar surface area (TPSA) is 21.8 Å². The van der Waals surface area contributed by atoms with Crippen molar-refractivity contribution in [3.63, 3.8) is 0 Å². The van der Waals surface area contributed by atoms with Crippen molar-refractivity contribution in [3.8, 4) is 0 Å². The highest BCUT2D eigenvalue weighted by molar-refractivity contribution is 4.89. The average Bonchev–Trinajstić information content (AvgIpc) is 2.47. The molecule has 2 fully saturated rings. The zero-order chi connectivity index (χ0) is 17.1. The molecule has 0 aromatic heterocycles. The highest BCUT2D eigenvalue weighted by Crippen LogP contribution is 2.21. The predicted octanol–water partition coefficient (Wildman–Crippen LogP) is 2.25. The Morgan fingerprint density at radius 3 is 2.09 bits per heavy atom. The molecule has 4 heteroatoms. The quantitative estimate of drug-likeness (QED) is 0.837. The number of rotatable bonds is 5. The molecule has 0 saturated carbocycles. The molecule has 2 saturated heterocycles. The maximum absolute atomic E-state index is 3.64. The number of hydrogen-bond donors (Lipinski definition) is 1. The van der Waals surface area contributed by atoms with E-state index in [9.17, 15) is 0 Å². The van der Waals surface area contributed by atoms with Gasteiger partial charge in [0.2, 0.25) is 0 Å². The Balaban J connectivity index is 1.85. The second kappa shape index (κ2) is 8.28. The Hall–Kier alpha value is -0.160. The van der Waals surface area contributed by atoms with Gasteiger partial charge in [-0.3, -0.25) is 14.7 Å². The minimum Gasteiger partial charge on any atom is -0.309 e. The molecule has 0 aliphatic carbocycles. The molecule has 3 unspecified atom stereocenters. The van der Waals surface area contributed by atoms with Gasteiger partial charge in [0.1, 0.15) is 0 Å². The van der Waals surface area contributed by atoms with Crippen LogP contribution in [0.2, 0.25) is 0 Å². The predicted molar refractivity (Wildman–Crippen MR) is 100 cm³/mol. The summed E-state index contributed by atoms with van der Waals surface area (Å²) in [6, 6.07) is 3.98. The summed E-state index contributed by atoms with van der Waals surface area (Å²) < 4.78 is 0. The molecule has 1 N–H and O–H groups in total. The third-order valence-electron chi connectivity index (χ3n) is 6.07. The van der Waals surface area contributed by atoms with Gasteiger partial charge < -0.3 is 5.32 Å². The van der Waals surface area contributed by atoms with Crippen LogP contribution in [0.15, 0.2) is 0 Å². The summed E-state index contributed by atoms with van der Waals surface area (Å²) in [5.74, 6) is 0. The van der Waals surface area contributed by atoms with Crippen LogP contribution in [0.25, 0.3) is 0 Å². The second-order valence-corrected chi connectivity index (χ2v) is 8.57. The van der Waals surface area contributed by atoms with Crippen LogP contribution in [0, 0.1) is 0 Å². The van der Waals surface area contributed by atoms with Crippen LogP contribution in [0.1, 0.15) is 54.4 Å². The minimum atomic E-state index is 0.620. The zero-order valence-corrected chi connectivity index (χ0v) is 16.5. The maximum Gasteiger partial charge on any atom is 0.0224 e. The molecule has 4 nitrogen and oxygen atoms in total. The third-order valence-corrected chi connectivity index (χ3v) is 6.07. The molecule has 23 heavy (non-hydrogen) atoms. The molecule has 0 aromatic carbocycles. The molecule has 2 aliphatic heterocycles. The molecule has 2 aliphatic rings. The van der Waals surface area contributed by atoms with Gasteiger partial charge in [0, 0.05) is 62.4 Å². The summed E-state index contributed by atoms with van der Waals surface area (Å²) in [7, 11) is 2.33. The van der Waals surface area contributed by atoms with E-state index in [0.717, 1.165) is 0 Å². The second-order valence-electron chi connectivity index (χ2n) is 8.57. The van der Waals surface area contributed by atoms with Gasteiger partial charge in [-0.25, -0.2) is 0 Å². The van der Waals surface area contributed by atoms with Crippen molar-refractivity contribution in [2.75, 3.05) is 33.2 Å². The van der Waals surface area contributed by atoms with Crippen LogP contribution in [0.5, 0.6) is 0 Å². The summed E-state index contributed by atoms with van der Waals surface area (Å²) in [6.07, 6.45) is 2.63. The molecule has 2 rings (SSSR count). The van der Waals surface area contributed by atoms with Crippen molar-refractivity contribution in [1.29, 1.82) is 0 Å². The first-order chi connectivity index (χ1) is 10.8. The standard InChI is InChI=1S/C19H40N4/c1-14(2)22-12-18(6)21(7)19(13-22)9-8-17(5)23-10-15(3)20-16(4)11-23/h14-20H,8-13H2,1-7H3/t15?,16?,17?,18-,19+/m0/s1. The van der Waals surface area contributed by atoms with Crippen molar-refractivity contribution in [3.05, 3.63) is 0 Å². The van der Waals surface area contributed by atoms with Crippen molar-refractivity contribution in [2.24, 2.45) is 0 Å². The normalized spacial score (nSPS) is 36.5. The molecule has 0 aromatic rings. The van der Waals surface area contributed by atoms with Gasteiger partial charge in [-0.1, -0.05) is 0 Å². The van der Waals surface area contributed by atoms with Gasteiger partial charge in [-0.15, -0.1) is 0 Å². The average molecular weight is 325 g/mol. The molecular weight excluding hydrogens is 284 g/mol. The first-order valence-corrected chi connectivity index (χ1v) is 9.74. The molecule has 2 heterocycles. The smallest absolute Gasteiger partial charge is 0.0224 e. The Morgan fingerprint density at radius 2 is 1.52 bits per heavy atom. The Morgan fingerprint density at radius 1 is 0.913 bits per heavy atom. The number of piperazine rings is 2. The lowest BCUT2D eigenvalue weighted by atomic mass is 9.98. The van der Waals surface area contributed by atoms with E-state index in [-0.39, 0.29) is 0 Å². The van der Waals surface area contributed by atoms with Gasteiger partial charge in [-0.05, 0) is 61.4 Å². The van der Waals surface area contributed by atoms with E-state index in [1.165, 1.54) is 39.0 Å². The highest BCUT2D eigenvalue weighted by atomic mass is 15.3. The summed E-state index contributed by atoms with van der Waals surface area (Å²) in [5, 5.41) is 3.64. The first-order valence-electron chi connectivity index (χ1n) is 9.74. The van der Waals surface area contributed by atoms with Crippen molar-refractivity contribution in [1.82, 2.24) is 20.0 Å². The summed E-state index contributed by atoms with van der Waals surface area (Å²) in [4.78, 5) is 7.97. The third kappa shape index (κ3) is 5.15. The zero-order valence-electron chi connectivity index (χ0n) is 16.5. The van der Waals surface area contributed by atoms with Gasteiger partial charge >= 0.3 is 0 Å². The lowest BCUT2D eigenvalue weighted by molar-refractivity contribution is 0.0253. The first kappa shape index (κ1) is 19.2. The minimum absolute atomic E-state index is 0.620. The molecule has 0 amide bonds. The lowest BCUT2D eigenvalue weighted by Crippen LogP contribution is -2.58. The number of hydrogen-bond acceptors (Lipinski definition) is 4. The molecule has 5 atom stereocenters. The Bertz CT molecular complexity index is 349. The Labute approximate surface area is 144 Å². The SMILES string of the molecule is CC1CN(C(C)CC[C@@H]2CN(C(C)C)C[C@H](C)N2C)CC(C)N1. The van der Waals surface area contributed by atoms with E-state index in [1.54, 1.807) is 0 Å². The van der Waals surface area contributed by atoms with E-state index < -0.39 is 0 Å². The maximum atomic E-state index is 3.64. The number of nitrogens with zero attached hydrogens (tertiary/aromatic N) is 3. The van der Waals surface area contributed by atoms with Crippen LogP contribution >= 0.6 is 0 Å². The fourth-order valence-corrected chi connectivity index (χ4v) is 4.36. The van der Waals surface area contributed by atoms with E-state index in [2.05, 4.69) is 68.6 Å². The Kier molecular flexibility index (Phi) is 6.90. The van der Waals surface area contributed by atoms with E-state index in [4.69, 9.17) is 0 Å². The van der Waals surface area contributed by atoms with Gasteiger partial charge in [0.05, 0.1) is 0 Å². The highest BCUT2D eigenvalue weighted by Gasteiger charge is 2.31. The van der Waals surface area contributed by atoms with E-state index in [0.29, 0.717) is 36.3 Å². The fraction of sp³-hybridized carbons (Fsp3) is 1.00. The van der Waals surface area contributed by atoms with E-state index >= 15 is 0 Å². The monoisotopic (exact) mass is 324 g/mol. The van der Waals surface area contributed by atoms with Crippen LogP contribution in [0.3, 0.4) is 0 Å². The van der Waals surface area contributed by atoms with Crippen LogP contribution in [-0.2, 0) is 0 Å². The van der Waals surface area contributed by atoms with Crippen molar-refractivity contribution in [2.45, 2.75) is 90.6 Å². The summed E-state index contributed by atoms with van der Waals surface area (Å²) in [6.45, 7) is 18.9. The molecule has 0 spiro atoms. The molecule has 136 valence electrons. The summed E-state index contributed by atoms with van der Waals surface area (Å²) in [5.41, 5.74) is 0.